The number of rotatable bonds is 4. The zero-order chi connectivity index (χ0) is 18.1. The standard InChI is InChI=1S/C16H18N6O3S/c1-25-16-13-8-12(2-3-14(13)18-11-20-16)21-4-6-22(7-5-21)26(23,24)15-9-17-10-19-15/h2-3,8-11H,4-7H2,1H3,(H,17,19). The number of sulfonamides is 1. The van der Waals surface area contributed by atoms with Crippen molar-refractivity contribution in [3.05, 3.63) is 37.1 Å². The van der Waals surface area contributed by atoms with E-state index in [1.165, 1.54) is 23.2 Å². The summed E-state index contributed by atoms with van der Waals surface area (Å²) in [5.41, 5.74) is 1.80. The SMILES string of the molecule is COc1ncnc2ccc(N3CCN(S(=O)(=O)c4cnc[nH]4)CC3)cc12. The second kappa shape index (κ2) is 6.54. The van der Waals surface area contributed by atoms with Gasteiger partial charge in [-0.25, -0.2) is 23.4 Å². The summed E-state index contributed by atoms with van der Waals surface area (Å²) >= 11 is 0. The van der Waals surface area contributed by atoms with Crippen molar-refractivity contribution in [2.45, 2.75) is 5.03 Å². The molecule has 2 aromatic heterocycles. The number of fused-ring (bicyclic) bond motifs is 1. The summed E-state index contributed by atoms with van der Waals surface area (Å²) in [5, 5.41) is 0.957. The lowest BCUT2D eigenvalue weighted by Crippen LogP contribution is -2.48. The largest absolute Gasteiger partial charge is 0.480 e. The van der Waals surface area contributed by atoms with E-state index in [0.29, 0.717) is 32.1 Å². The lowest BCUT2D eigenvalue weighted by molar-refractivity contribution is 0.383. The smallest absolute Gasteiger partial charge is 0.260 e. The Morgan fingerprint density at radius 2 is 1.96 bits per heavy atom. The fourth-order valence-corrected chi connectivity index (χ4v) is 4.41. The molecule has 10 heteroatoms. The van der Waals surface area contributed by atoms with Crippen molar-refractivity contribution in [3.63, 3.8) is 0 Å². The Balaban J connectivity index is 1.54. The molecule has 1 aliphatic rings. The number of piperazine rings is 1. The number of H-pyrrole nitrogens is 1. The summed E-state index contributed by atoms with van der Waals surface area (Å²) in [5.74, 6) is 0.525. The van der Waals surface area contributed by atoms with Crippen LogP contribution < -0.4 is 9.64 Å². The van der Waals surface area contributed by atoms with Gasteiger partial charge >= 0.3 is 0 Å². The fraction of sp³-hybridized carbons (Fsp3) is 0.312. The van der Waals surface area contributed by atoms with E-state index in [4.69, 9.17) is 4.74 Å². The maximum Gasteiger partial charge on any atom is 0.260 e. The highest BCUT2D eigenvalue weighted by molar-refractivity contribution is 7.89. The van der Waals surface area contributed by atoms with Gasteiger partial charge in [-0.05, 0) is 18.2 Å². The Bertz CT molecular complexity index is 1010. The Morgan fingerprint density at radius 3 is 2.65 bits per heavy atom. The van der Waals surface area contributed by atoms with E-state index < -0.39 is 10.0 Å². The van der Waals surface area contributed by atoms with Crippen molar-refractivity contribution in [2.75, 3.05) is 38.2 Å². The van der Waals surface area contributed by atoms with Crippen molar-refractivity contribution >= 4 is 26.6 Å². The molecule has 1 aliphatic heterocycles. The van der Waals surface area contributed by atoms with Gasteiger partial charge in [-0.3, -0.25) is 0 Å². The number of hydrogen-bond acceptors (Lipinski definition) is 7. The number of benzene rings is 1. The zero-order valence-corrected chi connectivity index (χ0v) is 15.0. The maximum atomic E-state index is 12.6. The van der Waals surface area contributed by atoms with Crippen LogP contribution in [-0.2, 0) is 10.0 Å². The minimum absolute atomic E-state index is 0.124. The van der Waals surface area contributed by atoms with Crippen molar-refractivity contribution in [3.8, 4) is 5.88 Å². The first-order chi connectivity index (χ1) is 12.6. The number of aromatic nitrogens is 4. The summed E-state index contributed by atoms with van der Waals surface area (Å²) in [6.07, 6.45) is 4.17. The average molecular weight is 374 g/mol. The Hall–Kier alpha value is -2.72. The van der Waals surface area contributed by atoms with Crippen molar-refractivity contribution in [2.24, 2.45) is 0 Å². The first-order valence-electron chi connectivity index (χ1n) is 8.12. The maximum absolute atomic E-state index is 12.6. The van der Waals surface area contributed by atoms with Crippen LogP contribution in [0.2, 0.25) is 0 Å². The summed E-state index contributed by atoms with van der Waals surface area (Å²) in [7, 11) is -1.94. The third kappa shape index (κ3) is 2.86. The molecule has 3 heterocycles. The molecule has 1 saturated heterocycles. The van der Waals surface area contributed by atoms with Gasteiger partial charge in [-0.1, -0.05) is 0 Å². The molecule has 1 fully saturated rings. The molecule has 0 saturated carbocycles. The molecule has 0 atom stereocenters. The fourth-order valence-electron chi connectivity index (χ4n) is 3.09. The molecule has 0 radical (unpaired) electrons. The highest BCUT2D eigenvalue weighted by atomic mass is 32.2. The molecule has 0 amide bonds. The molecule has 0 bridgehead atoms. The second-order valence-corrected chi connectivity index (χ2v) is 7.80. The molecule has 26 heavy (non-hydrogen) atoms. The highest BCUT2D eigenvalue weighted by Gasteiger charge is 2.29. The van der Waals surface area contributed by atoms with E-state index in [1.54, 1.807) is 7.11 Å². The molecule has 136 valence electrons. The van der Waals surface area contributed by atoms with E-state index in [1.807, 2.05) is 18.2 Å². The van der Waals surface area contributed by atoms with Crippen LogP contribution in [0, 0.1) is 0 Å². The van der Waals surface area contributed by atoms with Crippen LogP contribution in [0.15, 0.2) is 42.1 Å². The van der Waals surface area contributed by atoms with E-state index >= 15 is 0 Å². The molecular formula is C16H18N6O3S. The average Bonchev–Trinajstić information content (AvgIpc) is 3.23. The first-order valence-corrected chi connectivity index (χ1v) is 9.56. The van der Waals surface area contributed by atoms with Gasteiger partial charge < -0.3 is 14.6 Å². The number of imidazole rings is 1. The zero-order valence-electron chi connectivity index (χ0n) is 14.2. The highest BCUT2D eigenvalue weighted by Crippen LogP contribution is 2.27. The topological polar surface area (TPSA) is 104 Å². The number of anilines is 1. The van der Waals surface area contributed by atoms with Crippen LogP contribution >= 0.6 is 0 Å². The van der Waals surface area contributed by atoms with E-state index in [9.17, 15) is 8.42 Å². The molecule has 1 N–H and O–H groups in total. The van der Waals surface area contributed by atoms with Crippen LogP contribution in [0.3, 0.4) is 0 Å². The first kappa shape index (κ1) is 16.7. The summed E-state index contributed by atoms with van der Waals surface area (Å²) < 4.78 is 31.9. The third-order valence-corrected chi connectivity index (χ3v) is 6.29. The van der Waals surface area contributed by atoms with Crippen molar-refractivity contribution in [1.29, 1.82) is 0 Å². The summed E-state index contributed by atoms with van der Waals surface area (Å²) in [6, 6.07) is 5.88. The minimum Gasteiger partial charge on any atom is -0.480 e. The number of ether oxygens (including phenoxy) is 1. The van der Waals surface area contributed by atoms with Gasteiger partial charge in [0.05, 0.1) is 30.5 Å². The molecule has 4 rings (SSSR count). The Morgan fingerprint density at radius 1 is 1.15 bits per heavy atom. The van der Waals surface area contributed by atoms with E-state index in [0.717, 1.165) is 16.6 Å². The molecule has 0 aliphatic carbocycles. The molecule has 0 unspecified atom stereocenters. The van der Waals surface area contributed by atoms with Gasteiger partial charge in [0, 0.05) is 31.9 Å². The van der Waals surface area contributed by atoms with Gasteiger partial charge in [0.1, 0.15) is 6.33 Å². The normalized spacial score (nSPS) is 16.1. The van der Waals surface area contributed by atoms with Crippen LogP contribution in [0.5, 0.6) is 5.88 Å². The van der Waals surface area contributed by atoms with Gasteiger partial charge in [0.2, 0.25) is 5.88 Å². The Labute approximate surface area is 150 Å². The van der Waals surface area contributed by atoms with Crippen LogP contribution in [-0.4, -0.2) is 65.9 Å². The third-order valence-electron chi connectivity index (χ3n) is 4.47. The molecular weight excluding hydrogens is 356 g/mol. The van der Waals surface area contributed by atoms with Gasteiger partial charge in [0.15, 0.2) is 5.03 Å². The van der Waals surface area contributed by atoms with Crippen LogP contribution in [0.1, 0.15) is 0 Å². The quantitative estimate of drug-likeness (QED) is 0.722. The Kier molecular flexibility index (Phi) is 4.21. The predicted octanol–water partition coefficient (Wildman–Crippen LogP) is 0.872. The van der Waals surface area contributed by atoms with Crippen LogP contribution in [0.25, 0.3) is 10.9 Å². The van der Waals surface area contributed by atoms with Gasteiger partial charge in [0.25, 0.3) is 10.0 Å². The number of nitrogens with zero attached hydrogens (tertiary/aromatic N) is 5. The molecule has 3 aromatic rings. The number of methoxy groups -OCH3 is 1. The van der Waals surface area contributed by atoms with E-state index in [-0.39, 0.29) is 5.03 Å². The second-order valence-electron chi connectivity index (χ2n) is 5.89. The lowest BCUT2D eigenvalue weighted by atomic mass is 10.2. The van der Waals surface area contributed by atoms with E-state index in [2.05, 4.69) is 24.8 Å². The molecule has 0 spiro atoms. The minimum atomic E-state index is -3.52. The molecule has 9 nitrogen and oxygen atoms in total. The number of aromatic amines is 1. The van der Waals surface area contributed by atoms with Gasteiger partial charge in [-0.2, -0.15) is 4.31 Å². The summed E-state index contributed by atoms with van der Waals surface area (Å²) in [6.45, 7) is 1.99. The van der Waals surface area contributed by atoms with Crippen molar-refractivity contribution in [1.82, 2.24) is 24.2 Å². The lowest BCUT2D eigenvalue weighted by Gasteiger charge is -2.35. The predicted molar refractivity (Wildman–Crippen MR) is 95.6 cm³/mol. The van der Waals surface area contributed by atoms with Gasteiger partial charge in [-0.15, -0.1) is 0 Å². The van der Waals surface area contributed by atoms with Crippen molar-refractivity contribution < 1.29 is 13.2 Å². The monoisotopic (exact) mass is 374 g/mol. The van der Waals surface area contributed by atoms with Crippen LogP contribution in [0.4, 0.5) is 5.69 Å². The number of hydrogen-bond donors (Lipinski definition) is 1. The number of nitrogens with one attached hydrogen (secondary N) is 1. The summed E-state index contributed by atoms with van der Waals surface area (Å²) in [4.78, 5) is 17.0. The molecule has 1 aromatic carbocycles.